The van der Waals surface area contributed by atoms with Crippen molar-refractivity contribution in [3.8, 4) is 5.75 Å². The largest absolute Gasteiger partial charge is 0.494 e. The van der Waals surface area contributed by atoms with Crippen molar-refractivity contribution < 1.29 is 4.74 Å². The van der Waals surface area contributed by atoms with Gasteiger partial charge in [0.25, 0.3) is 0 Å². The van der Waals surface area contributed by atoms with Crippen molar-refractivity contribution in [3.05, 3.63) is 55.1 Å². The van der Waals surface area contributed by atoms with Gasteiger partial charge in [-0.1, -0.05) is 36.4 Å². The summed E-state index contributed by atoms with van der Waals surface area (Å²) in [4.78, 5) is 4.12. The molecule has 0 radical (unpaired) electrons. The van der Waals surface area contributed by atoms with E-state index in [9.17, 15) is 0 Å². The van der Waals surface area contributed by atoms with E-state index in [1.807, 2.05) is 18.2 Å². The number of ether oxygens (including phenoxy) is 1. The van der Waals surface area contributed by atoms with Gasteiger partial charge < -0.3 is 15.4 Å². The molecule has 4 nitrogen and oxygen atoms in total. The third kappa shape index (κ3) is 4.81. The van der Waals surface area contributed by atoms with Gasteiger partial charge in [-0.25, -0.2) is 0 Å². The molecule has 0 spiro atoms. The Labute approximate surface area is 131 Å². The zero-order chi connectivity index (χ0) is 15.6. The summed E-state index contributed by atoms with van der Waals surface area (Å²) < 4.78 is 5.79. The fourth-order valence-corrected chi connectivity index (χ4v) is 2.12. The first kappa shape index (κ1) is 15.9. The molecule has 2 rings (SSSR count). The standard InChI is InChI=1S/C18H23N3O/c1-3-11-20-18(19-2)21-12-6-13-22-17-10-9-15-7-4-5-8-16(15)14-17/h3-5,7-10,14H,1,6,11-13H2,2H3,(H2,19,20,21). The molecule has 22 heavy (non-hydrogen) atoms. The topological polar surface area (TPSA) is 45.7 Å². The Kier molecular flexibility index (Phi) is 6.30. The maximum Gasteiger partial charge on any atom is 0.191 e. The van der Waals surface area contributed by atoms with Gasteiger partial charge >= 0.3 is 0 Å². The third-order valence-electron chi connectivity index (χ3n) is 3.24. The molecule has 2 aromatic carbocycles. The molecule has 116 valence electrons. The lowest BCUT2D eigenvalue weighted by Crippen LogP contribution is -2.38. The number of rotatable bonds is 7. The molecule has 2 aromatic rings. The highest BCUT2D eigenvalue weighted by molar-refractivity contribution is 5.83. The second-order valence-electron chi connectivity index (χ2n) is 4.88. The summed E-state index contributed by atoms with van der Waals surface area (Å²) >= 11 is 0. The van der Waals surface area contributed by atoms with E-state index in [0.717, 1.165) is 24.7 Å². The van der Waals surface area contributed by atoms with Crippen molar-refractivity contribution >= 4 is 16.7 Å². The van der Waals surface area contributed by atoms with E-state index >= 15 is 0 Å². The fourth-order valence-electron chi connectivity index (χ4n) is 2.12. The molecule has 0 aliphatic carbocycles. The first-order chi connectivity index (χ1) is 10.8. The van der Waals surface area contributed by atoms with Crippen LogP contribution in [0.2, 0.25) is 0 Å². The highest BCUT2D eigenvalue weighted by atomic mass is 16.5. The van der Waals surface area contributed by atoms with Crippen molar-refractivity contribution in [3.63, 3.8) is 0 Å². The summed E-state index contributed by atoms with van der Waals surface area (Å²) in [5, 5.41) is 8.79. The number of hydrogen-bond acceptors (Lipinski definition) is 2. The number of hydrogen-bond donors (Lipinski definition) is 2. The predicted octanol–water partition coefficient (Wildman–Crippen LogP) is 2.96. The van der Waals surface area contributed by atoms with E-state index in [2.05, 4.69) is 46.5 Å². The van der Waals surface area contributed by atoms with Crippen LogP contribution in [-0.2, 0) is 0 Å². The van der Waals surface area contributed by atoms with Gasteiger partial charge in [0.1, 0.15) is 5.75 Å². The van der Waals surface area contributed by atoms with Crippen molar-refractivity contribution in [1.29, 1.82) is 0 Å². The van der Waals surface area contributed by atoms with Gasteiger partial charge in [0.05, 0.1) is 6.61 Å². The number of nitrogens with one attached hydrogen (secondary N) is 2. The fraction of sp³-hybridized carbons (Fsp3) is 0.278. The van der Waals surface area contributed by atoms with Gasteiger partial charge in [-0.2, -0.15) is 0 Å². The Bertz CT molecular complexity index is 637. The zero-order valence-electron chi connectivity index (χ0n) is 13.0. The Morgan fingerprint density at radius 1 is 1.18 bits per heavy atom. The molecule has 0 bridgehead atoms. The monoisotopic (exact) mass is 297 g/mol. The maximum atomic E-state index is 5.79. The minimum absolute atomic E-state index is 0.670. The van der Waals surface area contributed by atoms with Crippen LogP contribution < -0.4 is 15.4 Å². The molecule has 0 heterocycles. The van der Waals surface area contributed by atoms with Gasteiger partial charge in [0.2, 0.25) is 0 Å². The average molecular weight is 297 g/mol. The number of aliphatic imine (C=N–C) groups is 1. The normalized spacial score (nSPS) is 11.2. The maximum absolute atomic E-state index is 5.79. The highest BCUT2D eigenvalue weighted by Crippen LogP contribution is 2.20. The lowest BCUT2D eigenvalue weighted by atomic mass is 10.1. The van der Waals surface area contributed by atoms with E-state index in [4.69, 9.17) is 4.74 Å². The van der Waals surface area contributed by atoms with Crippen LogP contribution in [0.1, 0.15) is 6.42 Å². The molecule has 0 unspecified atom stereocenters. The molecule has 0 saturated carbocycles. The highest BCUT2D eigenvalue weighted by Gasteiger charge is 1.98. The van der Waals surface area contributed by atoms with Crippen LogP contribution in [-0.4, -0.2) is 32.7 Å². The van der Waals surface area contributed by atoms with Crippen LogP contribution >= 0.6 is 0 Å². The van der Waals surface area contributed by atoms with Gasteiger partial charge in [0.15, 0.2) is 5.96 Å². The number of nitrogens with zero attached hydrogens (tertiary/aromatic N) is 1. The summed E-state index contributed by atoms with van der Waals surface area (Å²) in [5.74, 6) is 1.69. The van der Waals surface area contributed by atoms with Crippen molar-refractivity contribution in [2.45, 2.75) is 6.42 Å². The molecular formula is C18H23N3O. The van der Waals surface area contributed by atoms with Crippen LogP contribution in [0.5, 0.6) is 5.75 Å². The van der Waals surface area contributed by atoms with Crippen molar-refractivity contribution in [2.24, 2.45) is 4.99 Å². The first-order valence-electron chi connectivity index (χ1n) is 7.50. The molecule has 0 aliphatic heterocycles. The summed E-state index contributed by atoms with van der Waals surface area (Å²) in [5.41, 5.74) is 0. The molecule has 0 amide bonds. The Hall–Kier alpha value is -2.49. The molecule has 0 atom stereocenters. The van der Waals surface area contributed by atoms with E-state index in [1.165, 1.54) is 10.8 Å². The van der Waals surface area contributed by atoms with Gasteiger partial charge in [-0.15, -0.1) is 6.58 Å². The summed E-state index contributed by atoms with van der Waals surface area (Å²) in [6.45, 7) is 5.85. The Balaban J connectivity index is 1.72. The van der Waals surface area contributed by atoms with E-state index in [1.54, 1.807) is 13.1 Å². The van der Waals surface area contributed by atoms with Gasteiger partial charge in [0, 0.05) is 20.1 Å². The molecular weight excluding hydrogens is 274 g/mol. The SMILES string of the molecule is C=CCNC(=NC)NCCCOc1ccc2ccccc2c1. The number of guanidine groups is 1. The minimum atomic E-state index is 0.670. The van der Waals surface area contributed by atoms with E-state index in [0.29, 0.717) is 13.2 Å². The lowest BCUT2D eigenvalue weighted by molar-refractivity contribution is 0.311. The first-order valence-corrected chi connectivity index (χ1v) is 7.50. The van der Waals surface area contributed by atoms with Gasteiger partial charge in [-0.3, -0.25) is 4.99 Å². The molecule has 0 fully saturated rings. The second kappa shape index (κ2) is 8.72. The molecule has 0 aromatic heterocycles. The van der Waals surface area contributed by atoms with E-state index in [-0.39, 0.29) is 0 Å². The quantitative estimate of drug-likeness (QED) is 0.357. The number of fused-ring (bicyclic) bond motifs is 1. The minimum Gasteiger partial charge on any atom is -0.494 e. The Morgan fingerprint density at radius 3 is 2.77 bits per heavy atom. The predicted molar refractivity (Wildman–Crippen MR) is 93.6 cm³/mol. The van der Waals surface area contributed by atoms with E-state index < -0.39 is 0 Å². The Morgan fingerprint density at radius 2 is 2.00 bits per heavy atom. The zero-order valence-corrected chi connectivity index (χ0v) is 13.0. The smallest absolute Gasteiger partial charge is 0.191 e. The van der Waals surface area contributed by atoms with Crippen molar-refractivity contribution in [1.82, 2.24) is 10.6 Å². The second-order valence-corrected chi connectivity index (χ2v) is 4.88. The third-order valence-corrected chi connectivity index (χ3v) is 3.24. The van der Waals surface area contributed by atoms with Crippen LogP contribution in [0.15, 0.2) is 60.1 Å². The molecule has 0 saturated heterocycles. The molecule has 0 aliphatic rings. The average Bonchev–Trinajstić information content (AvgIpc) is 2.57. The van der Waals surface area contributed by atoms with Gasteiger partial charge in [-0.05, 0) is 29.3 Å². The van der Waals surface area contributed by atoms with Crippen LogP contribution in [0.3, 0.4) is 0 Å². The molecule has 4 heteroatoms. The van der Waals surface area contributed by atoms with Crippen LogP contribution in [0, 0.1) is 0 Å². The van der Waals surface area contributed by atoms with Crippen LogP contribution in [0.25, 0.3) is 10.8 Å². The lowest BCUT2D eigenvalue weighted by Gasteiger charge is -2.11. The molecule has 2 N–H and O–H groups in total. The van der Waals surface area contributed by atoms with Crippen molar-refractivity contribution in [2.75, 3.05) is 26.7 Å². The van der Waals surface area contributed by atoms with Crippen LogP contribution in [0.4, 0.5) is 0 Å². The number of benzene rings is 2. The summed E-state index contributed by atoms with van der Waals surface area (Å²) in [6, 6.07) is 14.5. The summed E-state index contributed by atoms with van der Waals surface area (Å²) in [7, 11) is 1.75. The summed E-state index contributed by atoms with van der Waals surface area (Å²) in [6.07, 6.45) is 2.71.